The topological polar surface area (TPSA) is 74.9 Å². The number of phenolic OH excluding ortho intramolecular Hbond substituents is 1. The average Bonchev–Trinajstić information content (AvgIpc) is 3.52. The smallest absolute Gasteiger partial charge is 0.166 e. The zero-order valence-electron chi connectivity index (χ0n) is 19.9. The molecule has 2 bridgehead atoms. The lowest BCUT2D eigenvalue weighted by Gasteiger charge is -2.63. The van der Waals surface area contributed by atoms with Crippen LogP contribution in [0.15, 0.2) is 24.3 Å². The molecule has 4 atom stereocenters. The van der Waals surface area contributed by atoms with E-state index in [-0.39, 0.29) is 17.6 Å². The van der Waals surface area contributed by atoms with Crippen molar-refractivity contribution in [2.24, 2.45) is 5.92 Å². The minimum atomic E-state index is -1.12. The summed E-state index contributed by atoms with van der Waals surface area (Å²) >= 11 is 0. The molecule has 1 aromatic heterocycles. The lowest BCUT2D eigenvalue weighted by Crippen LogP contribution is -2.74. The molecule has 1 saturated heterocycles. The highest BCUT2D eigenvalue weighted by molar-refractivity contribution is 6.09. The summed E-state index contributed by atoms with van der Waals surface area (Å²) in [4.78, 5) is 15.3. The number of carbonyl (C=O) groups is 1. The highest BCUT2D eigenvalue weighted by Crippen LogP contribution is 2.69. The lowest BCUT2D eigenvalue weighted by atomic mass is 9.49. The summed E-state index contributed by atoms with van der Waals surface area (Å²) in [6, 6.07) is 6.54. The zero-order valence-corrected chi connectivity index (χ0v) is 19.9. The predicted octanol–water partition coefficient (Wildman–Crippen LogP) is 3.77. The van der Waals surface area contributed by atoms with Crippen LogP contribution >= 0.6 is 0 Å². The van der Waals surface area contributed by atoms with Crippen LogP contribution in [0.2, 0.25) is 0 Å². The number of aromatic hydroxyl groups is 1. The Morgan fingerprint density at radius 2 is 2.06 bits per heavy atom. The number of phenols is 1. The summed E-state index contributed by atoms with van der Waals surface area (Å²) in [7, 11) is 0. The normalized spacial score (nSPS) is 33.4. The van der Waals surface area contributed by atoms with E-state index in [9.17, 15) is 19.4 Å². The Labute approximate surface area is 207 Å². The van der Waals surface area contributed by atoms with Gasteiger partial charge in [0.2, 0.25) is 0 Å². The molecule has 3 aromatic rings. The highest BCUT2D eigenvalue weighted by atomic mass is 19.1. The fraction of sp³-hybridized carbons (Fsp3) is 0.483. The molecule has 6 aliphatic rings. The quantitative estimate of drug-likeness (QED) is 0.577. The van der Waals surface area contributed by atoms with Gasteiger partial charge in [-0.1, -0.05) is 6.07 Å². The maximum absolute atomic E-state index is 14.8. The van der Waals surface area contributed by atoms with Gasteiger partial charge in [0.05, 0.1) is 22.2 Å². The fourth-order valence-corrected chi connectivity index (χ4v) is 8.74. The Kier molecular flexibility index (Phi) is 3.44. The van der Waals surface area contributed by atoms with Crippen LogP contribution in [0.5, 0.6) is 11.5 Å². The number of likely N-dealkylation sites (tertiary alicyclic amines) is 1. The summed E-state index contributed by atoms with van der Waals surface area (Å²) in [5, 5.41) is 24.5. The Morgan fingerprint density at radius 1 is 1.19 bits per heavy atom. The van der Waals surface area contributed by atoms with Crippen molar-refractivity contribution >= 4 is 16.7 Å². The zero-order chi connectivity index (χ0) is 24.1. The number of nitrogens with zero attached hydrogens (tertiary/aromatic N) is 2. The molecule has 0 amide bonds. The van der Waals surface area contributed by atoms with Gasteiger partial charge in [-0.15, -0.1) is 0 Å². The molecule has 1 saturated carbocycles. The maximum atomic E-state index is 14.8. The number of aryl methyl sites for hydroxylation is 1. The van der Waals surface area contributed by atoms with E-state index in [1.807, 2.05) is 6.07 Å². The number of rotatable bonds is 2. The second-order valence-electron chi connectivity index (χ2n) is 12.0. The van der Waals surface area contributed by atoms with E-state index in [0.717, 1.165) is 52.8 Å². The molecule has 6 nitrogen and oxygen atoms in total. The van der Waals surface area contributed by atoms with E-state index in [1.54, 1.807) is 6.07 Å². The van der Waals surface area contributed by atoms with Crippen LogP contribution < -0.4 is 4.74 Å². The van der Waals surface area contributed by atoms with Gasteiger partial charge in [-0.3, -0.25) is 9.69 Å². The number of Topliss-reactive ketones (excluding diaryl/α,β-unsaturated/α-hetero) is 1. The fourth-order valence-electron chi connectivity index (χ4n) is 8.74. The highest BCUT2D eigenvalue weighted by Gasteiger charge is 2.73. The van der Waals surface area contributed by atoms with Gasteiger partial charge < -0.3 is 19.5 Å². The van der Waals surface area contributed by atoms with Crippen molar-refractivity contribution in [3.05, 3.63) is 58.0 Å². The third-order valence-electron chi connectivity index (χ3n) is 10.3. The number of fused-ring (bicyclic) bond motifs is 4. The molecule has 2 aromatic carbocycles. The Balaban J connectivity index is 1.37. The largest absolute Gasteiger partial charge is 0.504 e. The van der Waals surface area contributed by atoms with Crippen molar-refractivity contribution in [3.63, 3.8) is 0 Å². The van der Waals surface area contributed by atoms with E-state index in [1.165, 1.54) is 25.0 Å². The van der Waals surface area contributed by atoms with Gasteiger partial charge in [0.25, 0.3) is 0 Å². The van der Waals surface area contributed by atoms with Crippen molar-refractivity contribution in [1.82, 2.24) is 9.47 Å². The lowest BCUT2D eigenvalue weighted by molar-refractivity contribution is -0.173. The predicted molar refractivity (Wildman–Crippen MR) is 129 cm³/mol. The minimum Gasteiger partial charge on any atom is -0.504 e. The third kappa shape index (κ3) is 2.09. The van der Waals surface area contributed by atoms with Crippen molar-refractivity contribution in [3.8, 4) is 11.5 Å². The number of hydrogen-bond donors (Lipinski definition) is 2. The van der Waals surface area contributed by atoms with Crippen LogP contribution in [0.25, 0.3) is 10.9 Å². The number of aliphatic hydroxyl groups is 1. The van der Waals surface area contributed by atoms with Crippen molar-refractivity contribution in [2.45, 2.75) is 68.2 Å². The first kappa shape index (κ1) is 20.2. The van der Waals surface area contributed by atoms with Gasteiger partial charge in [-0.05, 0) is 67.5 Å². The molecule has 1 spiro atoms. The molecule has 2 N–H and O–H groups in total. The van der Waals surface area contributed by atoms with Gasteiger partial charge in [0.15, 0.2) is 23.4 Å². The van der Waals surface area contributed by atoms with Crippen molar-refractivity contribution in [2.75, 3.05) is 13.1 Å². The second kappa shape index (κ2) is 6.14. The SMILES string of the molecule is O=C1CCn2c3c(c4cc(F)cc1c42)C[C@@]1(O)[C@H]2Cc4ccc(O)c5c4[C@@]1(CCN2CC1CC1)[C@H]3O5. The molecule has 7 heteroatoms. The van der Waals surface area contributed by atoms with Crippen LogP contribution in [0.4, 0.5) is 4.39 Å². The summed E-state index contributed by atoms with van der Waals surface area (Å²) < 4.78 is 23.7. The molecule has 0 unspecified atom stereocenters. The molecule has 0 radical (unpaired) electrons. The molecule has 3 aliphatic heterocycles. The van der Waals surface area contributed by atoms with Gasteiger partial charge >= 0.3 is 0 Å². The third-order valence-corrected chi connectivity index (χ3v) is 10.3. The Morgan fingerprint density at radius 3 is 2.89 bits per heavy atom. The Hall–Kier alpha value is -2.90. The molecule has 3 aliphatic carbocycles. The van der Waals surface area contributed by atoms with Crippen LogP contribution in [0.3, 0.4) is 0 Å². The maximum Gasteiger partial charge on any atom is 0.166 e. The first-order valence-electron chi connectivity index (χ1n) is 13.3. The number of carbonyl (C=O) groups excluding carboxylic acids is 1. The van der Waals surface area contributed by atoms with E-state index in [2.05, 4.69) is 9.47 Å². The number of benzene rings is 2. The second-order valence-corrected chi connectivity index (χ2v) is 12.0. The van der Waals surface area contributed by atoms with Crippen molar-refractivity contribution < 1.29 is 24.1 Å². The van der Waals surface area contributed by atoms with E-state index >= 15 is 0 Å². The van der Waals surface area contributed by atoms with Crippen molar-refractivity contribution in [1.29, 1.82) is 0 Å². The minimum absolute atomic E-state index is 0.0407. The van der Waals surface area contributed by atoms with Gasteiger partial charge in [-0.25, -0.2) is 4.39 Å². The molecule has 184 valence electrons. The van der Waals surface area contributed by atoms with E-state index in [0.29, 0.717) is 43.0 Å². The molecule has 36 heavy (non-hydrogen) atoms. The Bertz CT molecular complexity index is 1560. The summed E-state index contributed by atoms with van der Waals surface area (Å²) in [5.74, 6) is 0.842. The molecular weight excluding hydrogens is 459 g/mol. The van der Waals surface area contributed by atoms with Crippen LogP contribution in [0, 0.1) is 11.7 Å². The number of ketones is 1. The van der Waals surface area contributed by atoms with E-state index in [4.69, 9.17) is 4.74 Å². The molecule has 9 rings (SSSR count). The van der Waals surface area contributed by atoms with Crippen LogP contribution in [-0.4, -0.2) is 50.2 Å². The van der Waals surface area contributed by atoms with Gasteiger partial charge in [-0.2, -0.15) is 0 Å². The summed E-state index contributed by atoms with van der Waals surface area (Å²) in [5.41, 5.74) is 3.37. The van der Waals surface area contributed by atoms with Crippen LogP contribution in [-0.2, 0) is 24.8 Å². The first-order chi connectivity index (χ1) is 17.4. The number of hydrogen-bond acceptors (Lipinski definition) is 5. The van der Waals surface area contributed by atoms with Gasteiger partial charge in [0, 0.05) is 48.5 Å². The number of ether oxygens (including phenoxy) is 1. The number of aromatic nitrogens is 1. The molecule has 2 fully saturated rings. The summed E-state index contributed by atoms with van der Waals surface area (Å²) in [6.45, 7) is 2.40. The average molecular weight is 487 g/mol. The number of halogens is 1. The van der Waals surface area contributed by atoms with E-state index < -0.39 is 22.9 Å². The first-order valence-corrected chi connectivity index (χ1v) is 13.3. The monoisotopic (exact) mass is 486 g/mol. The summed E-state index contributed by atoms with van der Waals surface area (Å²) in [6.07, 6.45) is 4.16. The number of piperidine rings is 1. The van der Waals surface area contributed by atoms with Crippen LogP contribution in [0.1, 0.15) is 64.5 Å². The molecular formula is C29H27FN2O4. The van der Waals surface area contributed by atoms with Gasteiger partial charge in [0.1, 0.15) is 5.82 Å². The standard InChI is InChI=1S/C29H27FN2O4/c30-16-10-17-19-12-29(35)22-9-15-3-4-21(34)26-23(15)28(29,6-8-31(22)13-14-1-2-14)27(36-26)25(19)32-7-5-20(33)18(11-16)24(17)32/h3-4,10-11,14,22,27,34-35H,1-2,5-9,12-13H2/t22-,27+,28+,29-/m1/s1. The molecule has 4 heterocycles.